The maximum Gasteiger partial charge on any atom is 0.193 e. The Balaban J connectivity index is 1.40. The Labute approximate surface area is 152 Å². The Hall–Kier alpha value is -1.55. The number of hydrogen-bond acceptors (Lipinski definition) is 2. The van der Waals surface area contributed by atoms with Crippen LogP contribution in [0.2, 0.25) is 0 Å². The number of aryl methyl sites for hydroxylation is 1. The van der Waals surface area contributed by atoms with Crippen molar-refractivity contribution in [2.24, 2.45) is 16.6 Å². The van der Waals surface area contributed by atoms with E-state index in [1.54, 1.807) is 0 Å². The van der Waals surface area contributed by atoms with Gasteiger partial charge in [0.25, 0.3) is 0 Å². The first-order valence-electron chi connectivity index (χ1n) is 10.1. The van der Waals surface area contributed by atoms with Crippen molar-refractivity contribution in [1.82, 2.24) is 4.90 Å². The van der Waals surface area contributed by atoms with Crippen molar-refractivity contribution in [2.45, 2.75) is 58.3 Å². The quantitative estimate of drug-likeness (QED) is 0.470. The largest absolute Gasteiger partial charge is 0.370 e. The summed E-state index contributed by atoms with van der Waals surface area (Å²) in [6.45, 7) is 6.93. The van der Waals surface area contributed by atoms with Gasteiger partial charge in [-0.3, -0.25) is 4.99 Å². The van der Waals surface area contributed by atoms with Gasteiger partial charge in [-0.1, -0.05) is 19.1 Å². The molecule has 25 heavy (non-hydrogen) atoms. The van der Waals surface area contributed by atoms with E-state index in [9.17, 15) is 0 Å². The van der Waals surface area contributed by atoms with Crippen LogP contribution in [0.4, 0.5) is 5.69 Å². The molecule has 1 aromatic rings. The van der Waals surface area contributed by atoms with Crippen LogP contribution < -0.4 is 11.1 Å². The average Bonchev–Trinajstić information content (AvgIpc) is 2.62. The molecule has 0 bridgehead atoms. The molecule has 2 aliphatic rings. The molecule has 0 radical (unpaired) electrons. The first-order chi connectivity index (χ1) is 12.2. The number of piperidine rings is 1. The molecule has 3 N–H and O–H groups in total. The molecule has 1 atom stereocenters. The third kappa shape index (κ3) is 5.46. The molecule has 0 saturated carbocycles. The number of anilines is 1. The number of aliphatic imine (C=N–C) groups is 1. The Bertz CT molecular complexity index is 581. The van der Waals surface area contributed by atoms with Crippen LogP contribution in [-0.4, -0.2) is 37.0 Å². The number of unbranched alkanes of at least 4 members (excludes halogenated alkanes) is 1. The van der Waals surface area contributed by atoms with Gasteiger partial charge in [0, 0.05) is 18.8 Å². The molecule has 138 valence electrons. The van der Waals surface area contributed by atoms with E-state index < -0.39 is 0 Å². The minimum atomic E-state index is 0.561. The maximum absolute atomic E-state index is 6.11. The number of guanidine groups is 1. The van der Waals surface area contributed by atoms with Gasteiger partial charge in [0.1, 0.15) is 0 Å². The van der Waals surface area contributed by atoms with Crippen LogP contribution in [0.5, 0.6) is 0 Å². The highest BCUT2D eigenvalue weighted by Gasteiger charge is 2.15. The Morgan fingerprint density at radius 1 is 1.24 bits per heavy atom. The van der Waals surface area contributed by atoms with Gasteiger partial charge in [-0.15, -0.1) is 0 Å². The number of hydrogen-bond donors (Lipinski definition) is 2. The van der Waals surface area contributed by atoms with Crippen LogP contribution in [0.15, 0.2) is 23.2 Å². The lowest BCUT2D eigenvalue weighted by atomic mass is 9.90. The van der Waals surface area contributed by atoms with Gasteiger partial charge in [0.15, 0.2) is 5.96 Å². The van der Waals surface area contributed by atoms with Crippen molar-refractivity contribution < 1.29 is 0 Å². The third-order valence-corrected chi connectivity index (χ3v) is 5.56. The fraction of sp³-hybridized carbons (Fsp3) is 0.667. The van der Waals surface area contributed by atoms with E-state index >= 15 is 0 Å². The number of nitrogens with two attached hydrogens (primary N) is 1. The van der Waals surface area contributed by atoms with E-state index in [2.05, 4.69) is 40.3 Å². The second kappa shape index (κ2) is 9.23. The SMILES string of the molecule is CC1CCCN(CCCCN=C(N)Nc2cccc3c2CCCC3)C1. The van der Waals surface area contributed by atoms with Crippen LogP contribution in [0.25, 0.3) is 0 Å². The summed E-state index contributed by atoms with van der Waals surface area (Å²) in [7, 11) is 0. The molecule has 4 nitrogen and oxygen atoms in total. The Morgan fingerprint density at radius 3 is 3.00 bits per heavy atom. The van der Waals surface area contributed by atoms with Gasteiger partial charge in [0.2, 0.25) is 0 Å². The summed E-state index contributed by atoms with van der Waals surface area (Å²) < 4.78 is 0. The summed E-state index contributed by atoms with van der Waals surface area (Å²) in [5.74, 6) is 1.42. The summed E-state index contributed by atoms with van der Waals surface area (Å²) in [5.41, 5.74) is 10.2. The maximum atomic E-state index is 6.11. The van der Waals surface area contributed by atoms with Gasteiger partial charge < -0.3 is 16.0 Å². The fourth-order valence-electron chi connectivity index (χ4n) is 4.21. The van der Waals surface area contributed by atoms with E-state index in [-0.39, 0.29) is 0 Å². The van der Waals surface area contributed by atoms with E-state index in [0.29, 0.717) is 5.96 Å². The Kier molecular flexibility index (Phi) is 6.74. The van der Waals surface area contributed by atoms with E-state index in [4.69, 9.17) is 5.73 Å². The minimum Gasteiger partial charge on any atom is -0.370 e. The van der Waals surface area contributed by atoms with Gasteiger partial charge in [-0.2, -0.15) is 0 Å². The molecule has 1 aliphatic carbocycles. The smallest absolute Gasteiger partial charge is 0.193 e. The van der Waals surface area contributed by atoms with E-state index in [0.717, 1.165) is 31.0 Å². The molecule has 0 aromatic heterocycles. The van der Waals surface area contributed by atoms with Crippen molar-refractivity contribution in [3.8, 4) is 0 Å². The average molecular weight is 343 g/mol. The second-order valence-electron chi connectivity index (χ2n) is 7.80. The van der Waals surface area contributed by atoms with Crippen molar-refractivity contribution in [3.05, 3.63) is 29.3 Å². The molecule has 1 unspecified atom stereocenters. The van der Waals surface area contributed by atoms with E-state index in [1.807, 2.05) is 0 Å². The monoisotopic (exact) mass is 342 g/mol. The summed E-state index contributed by atoms with van der Waals surface area (Å²) in [6, 6.07) is 6.50. The number of fused-ring (bicyclic) bond motifs is 1. The van der Waals surface area contributed by atoms with Crippen LogP contribution in [-0.2, 0) is 12.8 Å². The van der Waals surface area contributed by atoms with Crippen LogP contribution in [0, 0.1) is 5.92 Å². The number of nitrogens with one attached hydrogen (secondary N) is 1. The van der Waals surface area contributed by atoms with Gasteiger partial charge >= 0.3 is 0 Å². The van der Waals surface area contributed by atoms with Crippen LogP contribution in [0.1, 0.15) is 56.6 Å². The summed E-state index contributed by atoms with van der Waals surface area (Å²) >= 11 is 0. The second-order valence-corrected chi connectivity index (χ2v) is 7.80. The van der Waals surface area contributed by atoms with Crippen molar-refractivity contribution in [2.75, 3.05) is 31.5 Å². The zero-order chi connectivity index (χ0) is 17.5. The van der Waals surface area contributed by atoms with Gasteiger partial charge in [0.05, 0.1) is 0 Å². The van der Waals surface area contributed by atoms with Crippen molar-refractivity contribution >= 4 is 11.6 Å². The van der Waals surface area contributed by atoms with E-state index in [1.165, 1.54) is 69.3 Å². The number of rotatable bonds is 6. The fourth-order valence-corrected chi connectivity index (χ4v) is 4.21. The predicted molar refractivity (Wildman–Crippen MR) is 107 cm³/mol. The molecule has 0 spiro atoms. The first-order valence-corrected chi connectivity index (χ1v) is 10.1. The number of likely N-dealkylation sites (tertiary alicyclic amines) is 1. The van der Waals surface area contributed by atoms with Crippen LogP contribution >= 0.6 is 0 Å². The summed E-state index contributed by atoms with van der Waals surface area (Å²) in [4.78, 5) is 7.14. The first kappa shape index (κ1) is 18.2. The Morgan fingerprint density at radius 2 is 2.12 bits per heavy atom. The molecule has 3 rings (SSSR count). The zero-order valence-corrected chi connectivity index (χ0v) is 15.8. The van der Waals surface area contributed by atoms with Gasteiger partial charge in [-0.25, -0.2) is 0 Å². The molecule has 1 saturated heterocycles. The molecule has 1 fully saturated rings. The van der Waals surface area contributed by atoms with Gasteiger partial charge in [-0.05, 0) is 87.6 Å². The number of nitrogens with zero attached hydrogens (tertiary/aromatic N) is 2. The zero-order valence-electron chi connectivity index (χ0n) is 15.8. The molecule has 4 heteroatoms. The highest BCUT2D eigenvalue weighted by molar-refractivity contribution is 5.93. The normalized spacial score (nSPS) is 21.8. The lowest BCUT2D eigenvalue weighted by Gasteiger charge is -2.30. The summed E-state index contributed by atoms with van der Waals surface area (Å²) in [5, 5.41) is 3.33. The molecule has 1 aliphatic heterocycles. The van der Waals surface area contributed by atoms with Crippen molar-refractivity contribution in [1.29, 1.82) is 0 Å². The van der Waals surface area contributed by atoms with Crippen molar-refractivity contribution in [3.63, 3.8) is 0 Å². The summed E-state index contributed by atoms with van der Waals surface area (Å²) in [6.07, 6.45) is 10.00. The molecule has 1 heterocycles. The molecular formula is C21H34N4. The standard InChI is InChI=1S/C21H34N4/c1-17-8-7-15-25(16-17)14-5-4-13-23-21(22)24-20-12-6-10-18-9-2-3-11-19(18)20/h6,10,12,17H,2-5,7-9,11,13-16H2,1H3,(H3,22,23,24). The predicted octanol–water partition coefficient (Wildman–Crippen LogP) is 3.80. The van der Waals surface area contributed by atoms with Crippen LogP contribution in [0.3, 0.4) is 0 Å². The molecule has 1 aromatic carbocycles. The topological polar surface area (TPSA) is 53.6 Å². The third-order valence-electron chi connectivity index (χ3n) is 5.56. The molecular weight excluding hydrogens is 308 g/mol. The lowest BCUT2D eigenvalue weighted by Crippen LogP contribution is -2.35. The molecule has 0 amide bonds. The highest BCUT2D eigenvalue weighted by Crippen LogP contribution is 2.27. The minimum absolute atomic E-state index is 0.561. The number of benzene rings is 1. The highest BCUT2D eigenvalue weighted by atomic mass is 15.1. The lowest BCUT2D eigenvalue weighted by molar-refractivity contribution is 0.181.